The Morgan fingerprint density at radius 1 is 0.515 bits per heavy atom. The Labute approximate surface area is 614 Å². The number of hydrogen-bond donors (Lipinski definition) is 5. The molecule has 0 unspecified atom stereocenters. The molecule has 103 heavy (non-hydrogen) atoms. The number of halogens is 3. The highest BCUT2D eigenvalue weighted by atomic mass is 79.9. The number of alkyl halides is 1. The number of rotatable bonds is 23. The van der Waals surface area contributed by atoms with Crippen molar-refractivity contribution >= 4 is 106 Å². The van der Waals surface area contributed by atoms with Crippen molar-refractivity contribution in [3.05, 3.63) is 200 Å². The predicted molar refractivity (Wildman–Crippen MR) is 397 cm³/mol. The third-order valence-corrected chi connectivity index (χ3v) is 22.1. The molecule has 3 aliphatic rings. The fourth-order valence-corrected chi connectivity index (χ4v) is 15.8. The molecule has 0 spiro atoms. The van der Waals surface area contributed by atoms with E-state index in [4.69, 9.17) is 50.4 Å². The van der Waals surface area contributed by atoms with Gasteiger partial charge in [0.2, 0.25) is 5.91 Å². The van der Waals surface area contributed by atoms with Gasteiger partial charge in [0.1, 0.15) is 48.4 Å². The van der Waals surface area contributed by atoms with E-state index < -0.39 is 55.7 Å². The van der Waals surface area contributed by atoms with E-state index >= 15 is 0 Å². The van der Waals surface area contributed by atoms with E-state index in [1.807, 2.05) is 19.1 Å². The van der Waals surface area contributed by atoms with Gasteiger partial charge in [0, 0.05) is 48.4 Å². The maximum Gasteiger partial charge on any atom is 0.305 e. The minimum Gasteiger partial charge on any atom is -0.506 e. The number of aromatic hydroxyl groups is 1. The Balaban J connectivity index is 0.000000205. The summed E-state index contributed by atoms with van der Waals surface area (Å²) in [6.45, 7) is 5.20. The standard InChI is InChI=1S/C21H25NO5S.C19H22N2O5S.C12H9NO3S.C9H17BrO2.C6H4ClFO2S.C6H7NO/c1-2-26-21(23)15-5-3-4-10-16-22-17-11-6-7-12-18(17)27-19-13-8-9-14-20(19)28(22,24)25;22-19(20-23)13-3-1-2-8-14-21-15-9-4-5-10-16(15)26-17-11-6-7-12-18(17)27(21,24)25;14-17(15)12-8-4-3-7-11(12)16-10-6-2-1-5-9(10)13-17;1-2-12-9(11)7-5-3-4-6-8-10;7-11(9,10)6-4-2-1-3-5(6)8;7-5-3-1-2-4-6(5)8/h6-9,11-14H,2-5,10,15-16H2,1H3;4-7,9-12,23H,1-3,8,13-14H2,(H,20,22);1-8,13H;2-8H2,1H3;1-4H;1-4,8H,7H2. The van der Waals surface area contributed by atoms with Gasteiger partial charge in [-0.1, -0.05) is 152 Å². The molecule has 30 heteroatoms. The number of para-hydroxylation sites is 11. The van der Waals surface area contributed by atoms with E-state index in [9.17, 15) is 52.4 Å². The molecule has 0 atom stereocenters. The Morgan fingerprint density at radius 3 is 1.33 bits per heavy atom. The number of nitrogens with one attached hydrogen (secondary N) is 2. The zero-order valence-corrected chi connectivity index (χ0v) is 62.4. The van der Waals surface area contributed by atoms with Gasteiger partial charge in [-0.2, -0.15) is 0 Å². The van der Waals surface area contributed by atoms with Gasteiger partial charge < -0.3 is 34.5 Å². The molecule has 6 N–H and O–H groups in total. The Hall–Kier alpha value is -8.97. The minimum absolute atomic E-state index is 0.0589. The van der Waals surface area contributed by atoms with Gasteiger partial charge in [0.15, 0.2) is 17.2 Å². The highest BCUT2D eigenvalue weighted by Gasteiger charge is 2.35. The Morgan fingerprint density at radius 2 is 0.893 bits per heavy atom. The van der Waals surface area contributed by atoms with Crippen LogP contribution in [0.4, 0.5) is 27.1 Å². The smallest absolute Gasteiger partial charge is 0.305 e. The first-order chi connectivity index (χ1) is 49.4. The summed E-state index contributed by atoms with van der Waals surface area (Å²) in [5, 5.41) is 18.3. The van der Waals surface area contributed by atoms with Crippen molar-refractivity contribution in [3.63, 3.8) is 0 Å². The zero-order valence-electron chi connectivity index (χ0n) is 56.8. The van der Waals surface area contributed by atoms with Crippen LogP contribution in [0.5, 0.6) is 40.2 Å². The molecule has 0 radical (unpaired) electrons. The highest BCUT2D eigenvalue weighted by Crippen LogP contribution is 2.44. The summed E-state index contributed by atoms with van der Waals surface area (Å²) in [7, 11) is -10.1. The number of carbonyl (C=O) groups excluding carboxylic acids is 3. The number of hydrogen-bond acceptors (Lipinski definition) is 19. The summed E-state index contributed by atoms with van der Waals surface area (Å²) >= 11 is 3.36. The number of benzene rings is 8. The predicted octanol–water partition coefficient (Wildman–Crippen LogP) is 16.2. The summed E-state index contributed by atoms with van der Waals surface area (Å²) in [5.41, 5.74) is 8.81. The number of phenols is 1. The summed E-state index contributed by atoms with van der Waals surface area (Å²) in [5.74, 6) is 1.20. The third kappa shape index (κ3) is 25.7. The lowest BCUT2D eigenvalue weighted by Crippen LogP contribution is -2.31. The third-order valence-electron chi connectivity index (χ3n) is 15.1. The first kappa shape index (κ1) is 83.0. The number of unbranched alkanes of at least 4 members (excludes halogenated alkanes) is 9. The van der Waals surface area contributed by atoms with Gasteiger partial charge in [-0.3, -0.25) is 32.9 Å². The van der Waals surface area contributed by atoms with Gasteiger partial charge >= 0.3 is 11.9 Å². The first-order valence-electron chi connectivity index (χ1n) is 33.1. The van der Waals surface area contributed by atoms with Crippen molar-refractivity contribution in [2.24, 2.45) is 0 Å². The van der Waals surface area contributed by atoms with Crippen LogP contribution in [0.15, 0.2) is 214 Å². The first-order valence-corrected chi connectivity index (χ1v) is 40.9. The topological polar surface area (TPSA) is 331 Å². The average molecular weight is 1580 g/mol. The molecule has 3 aliphatic heterocycles. The Bertz CT molecular complexity index is 4520. The van der Waals surface area contributed by atoms with Gasteiger partial charge in [0.05, 0.1) is 36.0 Å². The second kappa shape index (κ2) is 42.0. The minimum atomic E-state index is -3.94. The van der Waals surface area contributed by atoms with Crippen molar-refractivity contribution in [1.29, 1.82) is 0 Å². The fourth-order valence-electron chi connectivity index (χ4n) is 10.1. The number of nitrogens with two attached hydrogens (primary N) is 1. The highest BCUT2D eigenvalue weighted by molar-refractivity contribution is 9.09. The quantitative estimate of drug-likeness (QED) is 0.00580. The molecule has 0 fully saturated rings. The number of amides is 1. The molecular formula is C73H84BrClFN5O18S4. The van der Waals surface area contributed by atoms with Crippen molar-refractivity contribution in [2.75, 3.05) is 50.7 Å². The molecule has 11 rings (SSSR count). The molecule has 554 valence electrons. The molecule has 23 nitrogen and oxygen atoms in total. The number of phenolic OH excluding ortho intramolecular Hbond substituents is 1. The van der Waals surface area contributed by atoms with Crippen LogP contribution >= 0.6 is 26.6 Å². The zero-order chi connectivity index (χ0) is 74.8. The fraction of sp³-hybridized carbons (Fsp3) is 0.301. The molecule has 8 aromatic rings. The summed E-state index contributed by atoms with van der Waals surface area (Å²) < 4.78 is 143. The molecule has 3 heterocycles. The lowest BCUT2D eigenvalue weighted by Gasteiger charge is -2.23. The molecule has 8 aromatic carbocycles. The maximum atomic E-state index is 13.3. The van der Waals surface area contributed by atoms with Crippen LogP contribution in [0.2, 0.25) is 0 Å². The van der Waals surface area contributed by atoms with Crippen LogP contribution < -0.4 is 38.8 Å². The van der Waals surface area contributed by atoms with E-state index in [1.165, 1.54) is 39.7 Å². The normalized spacial score (nSPS) is 13.4. The molecule has 1 amide bonds. The second-order valence-electron chi connectivity index (χ2n) is 22.6. The van der Waals surface area contributed by atoms with Crippen molar-refractivity contribution < 1.29 is 86.4 Å². The number of fused-ring (bicyclic) bond motifs is 6. The van der Waals surface area contributed by atoms with Crippen LogP contribution in [-0.2, 0) is 63.0 Å². The number of hydroxylamine groups is 1. The van der Waals surface area contributed by atoms with E-state index in [-0.39, 0.29) is 38.8 Å². The largest absolute Gasteiger partial charge is 0.506 e. The SMILES string of the molecule is CCOC(=O)CCCCCCBr.CCOC(=O)CCCCCCN1c2ccccc2Oc2ccccc2S1(=O)=O.Nc1ccccc1O.O=C(CCCCCCN1c2ccccc2Oc2ccccc2S1(=O)=O)NO.O=S(=O)(Cl)c1ccccc1F.O=S1(=O)Nc2ccccc2Oc2ccccc21. The average Bonchev–Trinajstić information content (AvgIpc) is 1.66. The molecule has 0 bridgehead atoms. The molecule has 0 saturated carbocycles. The van der Waals surface area contributed by atoms with Crippen molar-refractivity contribution in [2.45, 2.75) is 130 Å². The van der Waals surface area contributed by atoms with E-state index in [0.29, 0.717) is 116 Å². The molecule has 0 aromatic heterocycles. The number of nitrogen functional groups attached to an aromatic ring is 1. The number of esters is 2. The molecular weight excluding hydrogens is 1500 g/mol. The number of anilines is 4. The van der Waals surface area contributed by atoms with Gasteiger partial charge in [0.25, 0.3) is 39.1 Å². The molecule has 0 saturated heterocycles. The van der Waals surface area contributed by atoms with Crippen LogP contribution in [0, 0.1) is 5.82 Å². The maximum absolute atomic E-state index is 13.3. The van der Waals surface area contributed by atoms with Crippen LogP contribution in [-0.4, -0.2) is 93.5 Å². The van der Waals surface area contributed by atoms with Crippen LogP contribution in [0.1, 0.15) is 110 Å². The number of ether oxygens (including phenoxy) is 5. The van der Waals surface area contributed by atoms with Crippen molar-refractivity contribution in [3.8, 4) is 40.2 Å². The van der Waals surface area contributed by atoms with Crippen molar-refractivity contribution in [1.82, 2.24) is 5.48 Å². The van der Waals surface area contributed by atoms with Crippen LogP contribution in [0.3, 0.4) is 0 Å². The number of nitrogens with zero attached hydrogens (tertiary/aromatic N) is 2. The van der Waals surface area contributed by atoms with Gasteiger partial charge in [-0.05, 0) is 149 Å². The monoisotopic (exact) mass is 1580 g/mol. The summed E-state index contributed by atoms with van der Waals surface area (Å²) in [6.07, 6.45) is 11.7. The van der Waals surface area contributed by atoms with Gasteiger partial charge in [-0.15, -0.1) is 0 Å². The van der Waals surface area contributed by atoms with E-state index in [1.54, 1.807) is 164 Å². The molecule has 0 aliphatic carbocycles. The lowest BCUT2D eigenvalue weighted by atomic mass is 10.1. The number of carbonyl (C=O) groups is 3. The number of sulfonamides is 3. The Kier molecular flexibility index (Phi) is 33.8. The van der Waals surface area contributed by atoms with Crippen LogP contribution in [0.25, 0.3) is 0 Å². The summed E-state index contributed by atoms with van der Waals surface area (Å²) in [4.78, 5) is 33.2. The second-order valence-corrected chi connectivity index (χ2v) is 31.2. The van der Waals surface area contributed by atoms with Gasteiger partial charge in [-0.25, -0.2) is 43.5 Å². The van der Waals surface area contributed by atoms with E-state index in [0.717, 1.165) is 62.4 Å². The van der Waals surface area contributed by atoms with E-state index in [2.05, 4.69) is 20.7 Å². The summed E-state index contributed by atoms with van der Waals surface area (Å²) in [6, 6.07) is 52.7. The lowest BCUT2D eigenvalue weighted by molar-refractivity contribution is -0.144.